The fourth-order valence-electron chi connectivity index (χ4n) is 3.47. The number of nitrogens with zero attached hydrogens (tertiary/aromatic N) is 2. The van der Waals surface area contributed by atoms with Gasteiger partial charge in [0.05, 0.1) is 22.7 Å². The van der Waals surface area contributed by atoms with Crippen LogP contribution in [0.4, 0.5) is 5.69 Å². The molecule has 0 saturated heterocycles. The van der Waals surface area contributed by atoms with Crippen molar-refractivity contribution in [3.05, 3.63) is 40.2 Å². The van der Waals surface area contributed by atoms with Gasteiger partial charge >= 0.3 is 0 Å². The first-order chi connectivity index (χ1) is 14.4. The quantitative estimate of drug-likeness (QED) is 0.246. The molecule has 0 aromatic carbocycles. The molecule has 0 unspecified atom stereocenters. The van der Waals surface area contributed by atoms with E-state index in [-0.39, 0.29) is 38.8 Å². The normalized spacial score (nSPS) is 23.1. The zero-order valence-electron chi connectivity index (χ0n) is 21.8. The summed E-state index contributed by atoms with van der Waals surface area (Å²) >= 11 is 0. The summed E-state index contributed by atoms with van der Waals surface area (Å²) < 4.78 is 13.8. The van der Waals surface area contributed by atoms with Crippen LogP contribution in [0.1, 0.15) is 60.5 Å². The highest BCUT2D eigenvalue weighted by atomic mass is 28.4. The van der Waals surface area contributed by atoms with Crippen LogP contribution < -0.4 is 0 Å². The van der Waals surface area contributed by atoms with Gasteiger partial charge in [-0.1, -0.05) is 54.5 Å². The molecule has 1 aliphatic carbocycles. The van der Waals surface area contributed by atoms with E-state index in [1.54, 1.807) is 12.3 Å². The lowest BCUT2D eigenvalue weighted by atomic mass is 9.83. The second-order valence-electron chi connectivity index (χ2n) is 12.2. The predicted molar refractivity (Wildman–Crippen MR) is 137 cm³/mol. The molecule has 3 atom stereocenters. The highest BCUT2D eigenvalue weighted by Crippen LogP contribution is 2.45. The number of pyridine rings is 1. The summed E-state index contributed by atoms with van der Waals surface area (Å²) in [5, 5.41) is 11.8. The first-order valence-corrected chi connectivity index (χ1v) is 17.3. The largest absolute Gasteiger partial charge is 0.411 e. The maximum absolute atomic E-state index is 11.6. The highest BCUT2D eigenvalue weighted by Gasteiger charge is 2.47. The van der Waals surface area contributed by atoms with Crippen molar-refractivity contribution in [3.8, 4) is 0 Å². The van der Waals surface area contributed by atoms with Gasteiger partial charge in [-0.25, -0.2) is 0 Å². The van der Waals surface area contributed by atoms with Gasteiger partial charge in [0.2, 0.25) is 0 Å². The van der Waals surface area contributed by atoms with E-state index in [9.17, 15) is 10.1 Å². The smallest absolute Gasteiger partial charge is 0.294 e. The van der Waals surface area contributed by atoms with Crippen LogP contribution in [0.2, 0.25) is 36.3 Å². The molecule has 0 N–H and O–H groups in total. The van der Waals surface area contributed by atoms with Gasteiger partial charge in [-0.3, -0.25) is 15.1 Å². The molecule has 0 aliphatic heterocycles. The van der Waals surface area contributed by atoms with E-state index in [2.05, 4.69) is 85.7 Å². The molecular weight excluding hydrogens is 436 g/mol. The molecule has 0 saturated carbocycles. The Bertz CT molecular complexity index is 869. The maximum Gasteiger partial charge on any atom is 0.294 e. The summed E-state index contributed by atoms with van der Waals surface area (Å²) in [6.07, 6.45) is 5.45. The minimum atomic E-state index is -2.11. The summed E-state index contributed by atoms with van der Waals surface area (Å²) in [7, 11) is -4.15. The maximum atomic E-state index is 11.6. The van der Waals surface area contributed by atoms with Crippen LogP contribution in [0.5, 0.6) is 0 Å². The van der Waals surface area contributed by atoms with Crippen molar-refractivity contribution in [3.63, 3.8) is 0 Å². The number of rotatable bonds is 6. The minimum absolute atomic E-state index is 0.0424. The van der Waals surface area contributed by atoms with E-state index < -0.39 is 16.6 Å². The molecule has 0 spiro atoms. The van der Waals surface area contributed by atoms with Gasteiger partial charge in [0.1, 0.15) is 6.20 Å². The van der Waals surface area contributed by atoms with Crippen LogP contribution >= 0.6 is 0 Å². The Labute approximate surface area is 196 Å². The summed E-state index contributed by atoms with van der Waals surface area (Å²) in [5.41, 5.74) is 1.62. The molecule has 8 heteroatoms. The third-order valence-electron chi connectivity index (χ3n) is 7.61. The molecule has 1 aromatic rings. The summed E-state index contributed by atoms with van der Waals surface area (Å²) in [6.45, 7) is 24.7. The van der Waals surface area contributed by atoms with Crippen LogP contribution in [-0.4, -0.2) is 38.8 Å². The number of hydrogen-bond acceptors (Lipinski definition) is 5. The zero-order chi connectivity index (χ0) is 24.7. The van der Waals surface area contributed by atoms with Gasteiger partial charge in [0, 0.05) is 6.20 Å². The lowest BCUT2D eigenvalue weighted by Crippen LogP contribution is -2.54. The molecule has 1 heterocycles. The van der Waals surface area contributed by atoms with Crippen LogP contribution in [0, 0.1) is 16.0 Å². The zero-order valence-corrected chi connectivity index (χ0v) is 23.8. The molecule has 32 heavy (non-hydrogen) atoms. The molecule has 0 fully saturated rings. The Morgan fingerprint density at radius 3 is 2.06 bits per heavy atom. The van der Waals surface area contributed by atoms with Crippen LogP contribution in [0.25, 0.3) is 5.57 Å². The summed E-state index contributed by atoms with van der Waals surface area (Å²) in [5.74, 6) is 0.173. The first kappa shape index (κ1) is 26.9. The highest BCUT2D eigenvalue weighted by molar-refractivity contribution is 6.74. The van der Waals surface area contributed by atoms with E-state index in [1.807, 2.05) is 0 Å². The Hall–Kier alpha value is -1.36. The van der Waals surface area contributed by atoms with Crippen LogP contribution in [-0.2, 0) is 8.85 Å². The van der Waals surface area contributed by atoms with Crippen molar-refractivity contribution >= 4 is 27.9 Å². The molecule has 180 valence electrons. The third kappa shape index (κ3) is 5.76. The van der Waals surface area contributed by atoms with Gasteiger partial charge in [-0.2, -0.15) is 0 Å². The molecule has 0 bridgehead atoms. The van der Waals surface area contributed by atoms with Gasteiger partial charge in [0.15, 0.2) is 16.6 Å². The van der Waals surface area contributed by atoms with Gasteiger partial charge in [-0.15, -0.1) is 0 Å². The monoisotopic (exact) mass is 478 g/mol. The van der Waals surface area contributed by atoms with Crippen LogP contribution in [0.3, 0.4) is 0 Å². The molecule has 1 aromatic heterocycles. The van der Waals surface area contributed by atoms with Crippen molar-refractivity contribution in [2.24, 2.45) is 5.92 Å². The predicted octanol–water partition coefficient (Wildman–Crippen LogP) is 7.19. The van der Waals surface area contributed by atoms with Crippen LogP contribution in [0.15, 0.2) is 24.5 Å². The fourth-order valence-corrected chi connectivity index (χ4v) is 6.11. The SMILES string of the molecule is C[C@H]1CC(c2ccncc2[N+](=O)[O-])=C[C@@H](O[Si](C)(C)C(C)(C)C)[C@H]1O[Si](C)(C)C(C)(C)C. The van der Waals surface area contributed by atoms with Gasteiger partial charge in [-0.05, 0) is 60.2 Å². The van der Waals surface area contributed by atoms with E-state index in [1.165, 1.54) is 6.20 Å². The molecule has 6 nitrogen and oxygen atoms in total. The Morgan fingerprint density at radius 2 is 1.56 bits per heavy atom. The van der Waals surface area contributed by atoms with E-state index in [0.29, 0.717) is 12.0 Å². The lowest BCUT2D eigenvalue weighted by Gasteiger charge is -2.47. The molecule has 1 aliphatic rings. The van der Waals surface area contributed by atoms with Crippen molar-refractivity contribution in [1.29, 1.82) is 0 Å². The summed E-state index contributed by atoms with van der Waals surface area (Å²) in [4.78, 5) is 15.3. The van der Waals surface area contributed by atoms with E-state index in [0.717, 1.165) is 5.57 Å². The minimum Gasteiger partial charge on any atom is -0.411 e. The average Bonchev–Trinajstić information content (AvgIpc) is 2.62. The number of nitro groups is 1. The molecule has 0 amide bonds. The van der Waals surface area contributed by atoms with Crippen molar-refractivity contribution in [2.75, 3.05) is 0 Å². The Morgan fingerprint density at radius 1 is 1.03 bits per heavy atom. The molecular formula is C24H42N2O4Si2. The molecule has 2 rings (SSSR count). The van der Waals surface area contributed by atoms with Crippen molar-refractivity contribution < 1.29 is 13.8 Å². The summed E-state index contributed by atoms with van der Waals surface area (Å²) in [6, 6.07) is 1.75. The van der Waals surface area contributed by atoms with Gasteiger partial charge in [0.25, 0.3) is 5.69 Å². The standard InChI is InChI=1S/C24H42N2O4Si2/c1-17-14-18(19-12-13-25-16-20(19)26(27)28)15-21(29-31(8,9)23(2,3)4)22(17)30-32(10,11)24(5,6)7/h12-13,15-17,21-22H,14H2,1-11H3/t17-,21+,22-/m0/s1. The average molecular weight is 479 g/mol. The van der Waals surface area contributed by atoms with E-state index >= 15 is 0 Å². The number of allylic oxidation sites excluding steroid dienone is 1. The van der Waals surface area contributed by atoms with E-state index in [4.69, 9.17) is 8.85 Å². The number of aromatic nitrogens is 1. The van der Waals surface area contributed by atoms with Crippen molar-refractivity contribution in [1.82, 2.24) is 4.98 Å². The second-order valence-corrected chi connectivity index (χ2v) is 21.7. The third-order valence-corrected chi connectivity index (χ3v) is 16.6. The number of hydrogen-bond donors (Lipinski definition) is 0. The molecule has 0 radical (unpaired) electrons. The topological polar surface area (TPSA) is 74.5 Å². The fraction of sp³-hybridized carbons (Fsp3) is 0.708. The lowest BCUT2D eigenvalue weighted by molar-refractivity contribution is -0.385. The van der Waals surface area contributed by atoms with Gasteiger partial charge < -0.3 is 8.85 Å². The Kier molecular flexibility index (Phi) is 7.66. The Balaban J connectivity index is 2.56. The first-order valence-electron chi connectivity index (χ1n) is 11.5. The second kappa shape index (κ2) is 9.12. The van der Waals surface area contributed by atoms with Crippen molar-refractivity contribution in [2.45, 2.75) is 103 Å².